The van der Waals surface area contributed by atoms with Crippen LogP contribution in [0.15, 0.2) is 24.3 Å². The molecule has 4 heteroatoms. The number of rotatable bonds is 3. The van der Waals surface area contributed by atoms with Crippen LogP contribution in [0, 0.1) is 11.8 Å². The highest BCUT2D eigenvalue weighted by Crippen LogP contribution is 2.14. The van der Waals surface area contributed by atoms with Crippen molar-refractivity contribution in [2.24, 2.45) is 5.73 Å². The largest absolute Gasteiger partial charge is 0.376 e. The summed E-state index contributed by atoms with van der Waals surface area (Å²) < 4.78 is 5.67. The van der Waals surface area contributed by atoms with Gasteiger partial charge in [-0.15, -0.1) is 0 Å². The summed E-state index contributed by atoms with van der Waals surface area (Å²) in [5.41, 5.74) is 6.88. The minimum atomic E-state index is 0.0162. The smallest absolute Gasteiger partial charge is 0.253 e. The molecule has 1 aliphatic rings. The van der Waals surface area contributed by atoms with E-state index in [2.05, 4.69) is 11.8 Å². The fourth-order valence-corrected chi connectivity index (χ4v) is 2.41. The molecule has 1 atom stereocenters. The average Bonchev–Trinajstić information content (AvgIpc) is 2.53. The summed E-state index contributed by atoms with van der Waals surface area (Å²) in [6, 6.07) is 7.31. The molecule has 1 unspecified atom stereocenters. The number of carbonyl (C=O) groups excluding carboxylic acids is 1. The monoisotopic (exact) mass is 286 g/mol. The van der Waals surface area contributed by atoms with E-state index in [0.717, 1.165) is 25.0 Å². The van der Waals surface area contributed by atoms with Crippen LogP contribution in [0.25, 0.3) is 0 Å². The van der Waals surface area contributed by atoms with Gasteiger partial charge < -0.3 is 15.4 Å². The highest BCUT2D eigenvalue weighted by Gasteiger charge is 2.19. The Balaban J connectivity index is 1.94. The maximum Gasteiger partial charge on any atom is 0.253 e. The molecule has 112 valence electrons. The van der Waals surface area contributed by atoms with Crippen LogP contribution in [-0.4, -0.2) is 43.7 Å². The number of ether oxygens (including phenoxy) is 1. The maximum atomic E-state index is 12.4. The highest BCUT2D eigenvalue weighted by molar-refractivity contribution is 5.94. The minimum Gasteiger partial charge on any atom is -0.376 e. The molecule has 1 aliphatic heterocycles. The zero-order chi connectivity index (χ0) is 15.1. The number of hydrogen-bond donors (Lipinski definition) is 1. The number of carbonyl (C=O) groups is 1. The van der Waals surface area contributed by atoms with E-state index in [9.17, 15) is 4.79 Å². The van der Waals surface area contributed by atoms with Gasteiger partial charge in [0.15, 0.2) is 0 Å². The van der Waals surface area contributed by atoms with E-state index in [0.29, 0.717) is 18.7 Å². The Kier molecular flexibility index (Phi) is 5.79. The quantitative estimate of drug-likeness (QED) is 0.859. The lowest BCUT2D eigenvalue weighted by Crippen LogP contribution is -2.37. The number of benzene rings is 1. The Morgan fingerprint density at radius 1 is 1.38 bits per heavy atom. The summed E-state index contributed by atoms with van der Waals surface area (Å²) in [5, 5.41) is 0. The summed E-state index contributed by atoms with van der Waals surface area (Å²) in [4.78, 5) is 14.1. The van der Waals surface area contributed by atoms with Crippen molar-refractivity contribution in [1.82, 2.24) is 4.90 Å². The molecule has 1 aromatic carbocycles. The Morgan fingerprint density at radius 2 is 2.14 bits per heavy atom. The van der Waals surface area contributed by atoms with Crippen molar-refractivity contribution in [1.29, 1.82) is 0 Å². The first-order valence-electron chi connectivity index (χ1n) is 7.37. The third kappa shape index (κ3) is 4.59. The van der Waals surface area contributed by atoms with Crippen LogP contribution in [0.2, 0.25) is 0 Å². The lowest BCUT2D eigenvalue weighted by molar-refractivity contribution is -0.000187. The summed E-state index contributed by atoms with van der Waals surface area (Å²) in [6.45, 7) is 1.79. The zero-order valence-corrected chi connectivity index (χ0v) is 12.5. The molecule has 2 N–H and O–H groups in total. The van der Waals surface area contributed by atoms with Crippen molar-refractivity contribution in [3.8, 4) is 11.8 Å². The molecular formula is C17H22N2O2. The third-order valence-electron chi connectivity index (χ3n) is 3.56. The number of nitrogens with zero attached hydrogens (tertiary/aromatic N) is 1. The van der Waals surface area contributed by atoms with Gasteiger partial charge >= 0.3 is 0 Å². The van der Waals surface area contributed by atoms with Crippen molar-refractivity contribution in [3.05, 3.63) is 35.4 Å². The Hall–Kier alpha value is -1.83. The lowest BCUT2D eigenvalue weighted by atomic mass is 10.1. The molecule has 0 aliphatic carbocycles. The summed E-state index contributed by atoms with van der Waals surface area (Å²) in [5.74, 6) is 5.76. The van der Waals surface area contributed by atoms with E-state index < -0.39 is 0 Å². The van der Waals surface area contributed by atoms with Crippen molar-refractivity contribution in [2.75, 3.05) is 26.7 Å². The van der Waals surface area contributed by atoms with E-state index in [1.165, 1.54) is 6.42 Å². The lowest BCUT2D eigenvalue weighted by Gasteiger charge is -2.27. The van der Waals surface area contributed by atoms with Gasteiger partial charge in [-0.2, -0.15) is 0 Å². The molecular weight excluding hydrogens is 264 g/mol. The fourth-order valence-electron chi connectivity index (χ4n) is 2.41. The summed E-state index contributed by atoms with van der Waals surface area (Å²) >= 11 is 0. The van der Waals surface area contributed by atoms with Crippen LogP contribution in [0.4, 0.5) is 0 Å². The summed E-state index contributed by atoms with van der Waals surface area (Å²) in [7, 11) is 1.82. The molecule has 2 rings (SSSR count). The van der Waals surface area contributed by atoms with E-state index in [4.69, 9.17) is 10.5 Å². The molecule has 1 heterocycles. The van der Waals surface area contributed by atoms with Gasteiger partial charge in [-0.1, -0.05) is 11.8 Å². The van der Waals surface area contributed by atoms with E-state index >= 15 is 0 Å². The van der Waals surface area contributed by atoms with E-state index in [1.54, 1.807) is 17.0 Å². The molecule has 1 fully saturated rings. The van der Waals surface area contributed by atoms with Crippen LogP contribution < -0.4 is 5.73 Å². The van der Waals surface area contributed by atoms with Crippen molar-refractivity contribution in [2.45, 2.75) is 25.4 Å². The van der Waals surface area contributed by atoms with Gasteiger partial charge in [-0.3, -0.25) is 4.79 Å². The first-order chi connectivity index (χ1) is 10.2. The molecule has 0 radical (unpaired) electrons. The normalized spacial score (nSPS) is 17.7. The van der Waals surface area contributed by atoms with Gasteiger partial charge in [0.25, 0.3) is 5.91 Å². The highest BCUT2D eigenvalue weighted by atomic mass is 16.5. The topological polar surface area (TPSA) is 55.6 Å². The second-order valence-corrected chi connectivity index (χ2v) is 5.26. The molecule has 0 saturated carbocycles. The van der Waals surface area contributed by atoms with Crippen molar-refractivity contribution >= 4 is 5.91 Å². The number of likely N-dealkylation sites (N-methyl/N-ethyl adjacent to an activating group) is 1. The number of amides is 1. The first-order valence-corrected chi connectivity index (χ1v) is 7.37. The fraction of sp³-hybridized carbons (Fsp3) is 0.471. The van der Waals surface area contributed by atoms with Crippen LogP contribution in [0.3, 0.4) is 0 Å². The van der Waals surface area contributed by atoms with Gasteiger partial charge in [0.2, 0.25) is 0 Å². The molecule has 1 aromatic rings. The van der Waals surface area contributed by atoms with Gasteiger partial charge in [0.05, 0.1) is 12.6 Å². The second-order valence-electron chi connectivity index (χ2n) is 5.26. The first kappa shape index (κ1) is 15.6. The molecule has 1 amide bonds. The summed E-state index contributed by atoms with van der Waals surface area (Å²) in [6.07, 6.45) is 3.51. The van der Waals surface area contributed by atoms with Crippen molar-refractivity contribution < 1.29 is 9.53 Å². The zero-order valence-electron chi connectivity index (χ0n) is 12.5. The molecule has 1 saturated heterocycles. The van der Waals surface area contributed by atoms with Gasteiger partial charge in [0, 0.05) is 31.3 Å². The Bertz CT molecular complexity index is 522. The SMILES string of the molecule is CN(CC1CCCCO1)C(=O)c1ccc(C#CCN)cc1. The van der Waals surface area contributed by atoms with E-state index in [-0.39, 0.29) is 12.0 Å². The molecule has 0 aromatic heterocycles. The van der Waals surface area contributed by atoms with Crippen LogP contribution in [-0.2, 0) is 4.74 Å². The number of nitrogens with two attached hydrogens (primary N) is 1. The predicted octanol–water partition coefficient (Wildman–Crippen LogP) is 1.64. The van der Waals surface area contributed by atoms with Gasteiger partial charge in [-0.25, -0.2) is 0 Å². The molecule has 0 bridgehead atoms. The third-order valence-corrected chi connectivity index (χ3v) is 3.56. The van der Waals surface area contributed by atoms with Gasteiger partial charge in [0.1, 0.15) is 0 Å². The maximum absolute atomic E-state index is 12.4. The van der Waals surface area contributed by atoms with E-state index in [1.807, 2.05) is 19.2 Å². The van der Waals surface area contributed by atoms with Crippen LogP contribution in [0.1, 0.15) is 35.2 Å². The Morgan fingerprint density at radius 3 is 2.76 bits per heavy atom. The standard InChI is InChI=1S/C17H22N2O2/c1-19(13-16-6-2-3-12-21-16)17(20)15-9-7-14(8-10-15)5-4-11-18/h7-10,16H,2-3,6,11-13,18H2,1H3. The van der Waals surface area contributed by atoms with Crippen molar-refractivity contribution in [3.63, 3.8) is 0 Å². The van der Waals surface area contributed by atoms with Crippen LogP contribution >= 0.6 is 0 Å². The minimum absolute atomic E-state index is 0.0162. The molecule has 21 heavy (non-hydrogen) atoms. The molecule has 0 spiro atoms. The Labute approximate surface area is 126 Å². The molecule has 4 nitrogen and oxygen atoms in total. The predicted molar refractivity (Wildman–Crippen MR) is 82.9 cm³/mol. The van der Waals surface area contributed by atoms with Crippen LogP contribution in [0.5, 0.6) is 0 Å². The van der Waals surface area contributed by atoms with Gasteiger partial charge in [-0.05, 0) is 43.5 Å². The second kappa shape index (κ2) is 7.82. The number of hydrogen-bond acceptors (Lipinski definition) is 3. The average molecular weight is 286 g/mol.